The van der Waals surface area contributed by atoms with E-state index < -0.39 is 16.6 Å². The molecule has 0 unspecified atom stereocenters. The monoisotopic (exact) mass is 342 g/mol. The van der Waals surface area contributed by atoms with Crippen molar-refractivity contribution in [2.75, 3.05) is 12.4 Å². The van der Waals surface area contributed by atoms with E-state index in [0.29, 0.717) is 4.47 Å². The first-order valence-electron chi connectivity index (χ1n) is 5.34. The van der Waals surface area contributed by atoms with Crippen molar-refractivity contribution in [2.45, 2.75) is 0 Å². The van der Waals surface area contributed by atoms with Gasteiger partial charge in [-0.05, 0) is 22.0 Å². The Balaban J connectivity index is 2.47. The largest absolute Gasteiger partial charge is 0.428 e. The van der Waals surface area contributed by atoms with Crippen molar-refractivity contribution in [3.05, 3.63) is 44.8 Å². The number of halogens is 2. The molecule has 7 nitrogen and oxygen atoms in total. The molecule has 2 rings (SSSR count). The summed E-state index contributed by atoms with van der Waals surface area (Å²) in [6, 6.07) is 4.27. The number of aromatic nitrogens is 2. The fourth-order valence-corrected chi connectivity index (χ4v) is 1.82. The maximum Gasteiger partial charge on any atom is 0.312 e. The van der Waals surface area contributed by atoms with Crippen LogP contribution in [0.25, 0.3) is 0 Å². The number of para-hydroxylation sites is 1. The fourth-order valence-electron chi connectivity index (χ4n) is 1.38. The van der Waals surface area contributed by atoms with E-state index in [9.17, 15) is 14.5 Å². The molecule has 0 saturated carbocycles. The summed E-state index contributed by atoms with van der Waals surface area (Å²) in [5.41, 5.74) is -0.302. The smallest absolute Gasteiger partial charge is 0.312 e. The third kappa shape index (κ3) is 2.82. The molecule has 1 heterocycles. The summed E-state index contributed by atoms with van der Waals surface area (Å²) in [5, 5.41) is 13.6. The van der Waals surface area contributed by atoms with Crippen LogP contribution in [0.3, 0.4) is 0 Å². The lowest BCUT2D eigenvalue weighted by atomic mass is 10.3. The zero-order valence-electron chi connectivity index (χ0n) is 10.1. The summed E-state index contributed by atoms with van der Waals surface area (Å²) in [6.07, 6.45) is 0.914. The summed E-state index contributed by atoms with van der Waals surface area (Å²) in [4.78, 5) is 17.7. The van der Waals surface area contributed by atoms with Crippen LogP contribution in [0.15, 0.2) is 28.9 Å². The number of rotatable bonds is 4. The molecule has 2 aromatic rings. The van der Waals surface area contributed by atoms with Crippen LogP contribution in [0.5, 0.6) is 11.6 Å². The van der Waals surface area contributed by atoms with Crippen LogP contribution in [0.4, 0.5) is 16.0 Å². The molecule has 0 fully saturated rings. The van der Waals surface area contributed by atoms with Crippen molar-refractivity contribution in [3.8, 4) is 11.6 Å². The van der Waals surface area contributed by atoms with E-state index in [1.54, 1.807) is 13.1 Å². The minimum Gasteiger partial charge on any atom is -0.428 e. The first-order valence-corrected chi connectivity index (χ1v) is 6.13. The molecule has 1 N–H and O–H groups in total. The summed E-state index contributed by atoms with van der Waals surface area (Å²) >= 11 is 3.12. The number of hydrogen-bond acceptors (Lipinski definition) is 6. The van der Waals surface area contributed by atoms with Gasteiger partial charge in [0, 0.05) is 13.1 Å². The molecule has 0 aliphatic heterocycles. The standard InChI is InChI=1S/C11H8BrFN4O3/c1-14-11-15-5-7(13)10(16-11)20-9-6(12)3-2-4-8(9)17(18)19/h2-5H,1H3,(H,14,15,16). The molecular weight excluding hydrogens is 335 g/mol. The number of ether oxygens (including phenoxy) is 1. The maximum atomic E-state index is 13.6. The zero-order valence-corrected chi connectivity index (χ0v) is 11.7. The predicted molar refractivity (Wildman–Crippen MR) is 72.4 cm³/mol. The Bertz CT molecular complexity index is 668. The number of nitrogens with one attached hydrogen (secondary N) is 1. The molecule has 0 atom stereocenters. The number of hydrogen-bond donors (Lipinski definition) is 1. The summed E-state index contributed by atoms with van der Waals surface area (Å²) < 4.78 is 19.1. The maximum absolute atomic E-state index is 13.6. The van der Waals surface area contributed by atoms with Crippen LogP contribution in [-0.2, 0) is 0 Å². The van der Waals surface area contributed by atoms with Gasteiger partial charge in [0.2, 0.25) is 17.5 Å². The van der Waals surface area contributed by atoms with E-state index in [2.05, 4.69) is 31.2 Å². The highest BCUT2D eigenvalue weighted by Gasteiger charge is 2.21. The molecule has 20 heavy (non-hydrogen) atoms. The number of nitro benzene ring substituents is 1. The zero-order chi connectivity index (χ0) is 14.7. The second kappa shape index (κ2) is 5.78. The van der Waals surface area contributed by atoms with E-state index in [1.165, 1.54) is 12.1 Å². The van der Waals surface area contributed by atoms with Crippen LogP contribution < -0.4 is 10.1 Å². The van der Waals surface area contributed by atoms with Crippen LogP contribution in [0.1, 0.15) is 0 Å². The topological polar surface area (TPSA) is 90.2 Å². The van der Waals surface area contributed by atoms with Crippen molar-refractivity contribution < 1.29 is 14.1 Å². The lowest BCUT2D eigenvalue weighted by molar-refractivity contribution is -0.385. The molecule has 0 spiro atoms. The number of benzene rings is 1. The first kappa shape index (κ1) is 14.1. The van der Waals surface area contributed by atoms with E-state index in [-0.39, 0.29) is 17.4 Å². The number of anilines is 1. The van der Waals surface area contributed by atoms with Gasteiger partial charge in [-0.2, -0.15) is 9.37 Å². The number of nitro groups is 1. The summed E-state index contributed by atoms with van der Waals surface area (Å²) in [5.74, 6) is -1.22. The van der Waals surface area contributed by atoms with Crippen LogP contribution >= 0.6 is 15.9 Å². The van der Waals surface area contributed by atoms with Crippen molar-refractivity contribution in [1.82, 2.24) is 9.97 Å². The average molecular weight is 343 g/mol. The molecule has 0 aliphatic rings. The molecule has 1 aromatic carbocycles. The Hall–Kier alpha value is -2.29. The Labute approximate surface area is 121 Å². The van der Waals surface area contributed by atoms with Gasteiger partial charge in [0.25, 0.3) is 5.88 Å². The predicted octanol–water partition coefficient (Wildman–Crippen LogP) is 3.12. The molecule has 104 valence electrons. The normalized spacial score (nSPS) is 10.2. The molecule has 0 aliphatic carbocycles. The van der Waals surface area contributed by atoms with Crippen LogP contribution in [0, 0.1) is 15.9 Å². The minimum absolute atomic E-state index is 0.128. The highest BCUT2D eigenvalue weighted by molar-refractivity contribution is 9.10. The van der Waals surface area contributed by atoms with Gasteiger partial charge < -0.3 is 10.1 Å². The quantitative estimate of drug-likeness (QED) is 0.678. The van der Waals surface area contributed by atoms with Gasteiger partial charge in [0.15, 0.2) is 0 Å². The first-order chi connectivity index (χ1) is 9.52. The van der Waals surface area contributed by atoms with Crippen molar-refractivity contribution in [1.29, 1.82) is 0 Å². The van der Waals surface area contributed by atoms with E-state index in [0.717, 1.165) is 6.20 Å². The molecule has 0 radical (unpaired) electrons. The molecule has 9 heteroatoms. The van der Waals surface area contributed by atoms with E-state index in [4.69, 9.17) is 4.74 Å². The Morgan fingerprint density at radius 3 is 2.90 bits per heavy atom. The number of nitrogens with zero attached hydrogens (tertiary/aromatic N) is 3. The molecule has 0 amide bonds. The second-order valence-corrected chi connectivity index (χ2v) is 4.40. The van der Waals surface area contributed by atoms with E-state index >= 15 is 0 Å². The fraction of sp³-hybridized carbons (Fsp3) is 0.0909. The Morgan fingerprint density at radius 2 is 2.25 bits per heavy atom. The average Bonchev–Trinajstić information content (AvgIpc) is 2.43. The second-order valence-electron chi connectivity index (χ2n) is 3.54. The van der Waals surface area contributed by atoms with Gasteiger partial charge in [-0.3, -0.25) is 10.1 Å². The van der Waals surface area contributed by atoms with Gasteiger partial charge in [-0.15, -0.1) is 0 Å². The molecule has 1 aromatic heterocycles. The Morgan fingerprint density at radius 1 is 1.50 bits per heavy atom. The van der Waals surface area contributed by atoms with Gasteiger partial charge in [-0.1, -0.05) is 6.07 Å². The van der Waals surface area contributed by atoms with Crippen molar-refractivity contribution in [2.24, 2.45) is 0 Å². The van der Waals surface area contributed by atoms with Crippen LogP contribution in [-0.4, -0.2) is 21.9 Å². The van der Waals surface area contributed by atoms with Crippen molar-refractivity contribution >= 4 is 27.6 Å². The molecule has 0 bridgehead atoms. The van der Waals surface area contributed by atoms with Gasteiger partial charge in [0.1, 0.15) is 0 Å². The van der Waals surface area contributed by atoms with Crippen molar-refractivity contribution in [3.63, 3.8) is 0 Å². The van der Waals surface area contributed by atoms with E-state index in [1.807, 2.05) is 0 Å². The highest BCUT2D eigenvalue weighted by atomic mass is 79.9. The lowest BCUT2D eigenvalue weighted by Gasteiger charge is -2.08. The molecule has 0 saturated heterocycles. The van der Waals surface area contributed by atoms with Crippen LogP contribution in [0.2, 0.25) is 0 Å². The summed E-state index contributed by atoms with van der Waals surface area (Å²) in [6.45, 7) is 0. The van der Waals surface area contributed by atoms with Gasteiger partial charge >= 0.3 is 5.69 Å². The highest BCUT2D eigenvalue weighted by Crippen LogP contribution is 2.38. The summed E-state index contributed by atoms with van der Waals surface area (Å²) in [7, 11) is 1.55. The molecular formula is C11H8BrFN4O3. The third-order valence-electron chi connectivity index (χ3n) is 2.28. The SMILES string of the molecule is CNc1ncc(F)c(Oc2c(Br)cccc2[N+](=O)[O-])n1. The van der Waals surface area contributed by atoms with Gasteiger partial charge in [0.05, 0.1) is 15.6 Å². The lowest BCUT2D eigenvalue weighted by Crippen LogP contribution is -2.01. The minimum atomic E-state index is -0.825. The van der Waals surface area contributed by atoms with Gasteiger partial charge in [-0.25, -0.2) is 4.98 Å². The third-order valence-corrected chi connectivity index (χ3v) is 2.90. The Kier molecular flexibility index (Phi) is 4.08.